The molecule has 0 aliphatic heterocycles. The van der Waals surface area contributed by atoms with Gasteiger partial charge in [0, 0.05) is 0 Å². The number of carbonyl (C=O) groups excluding carboxylic acids is 2. The van der Waals surface area contributed by atoms with Gasteiger partial charge in [0.2, 0.25) is 0 Å². The fraction of sp³-hybridized carbons (Fsp3) is 0.455. The van der Waals surface area contributed by atoms with E-state index >= 15 is 0 Å². The van der Waals surface area contributed by atoms with Crippen LogP contribution >= 0.6 is 11.3 Å². The van der Waals surface area contributed by atoms with E-state index in [1.54, 1.807) is 32.9 Å². The number of nitrogens with one attached hydrogen (secondary N) is 1. The number of amides is 1. The highest BCUT2D eigenvalue weighted by Gasteiger charge is 2.19. The first-order valence-electron chi connectivity index (χ1n) is 5.05. The van der Waals surface area contributed by atoms with Crippen LogP contribution in [0, 0.1) is 0 Å². The Morgan fingerprint density at radius 1 is 1.38 bits per heavy atom. The van der Waals surface area contributed by atoms with Crippen LogP contribution in [0.3, 0.4) is 0 Å². The molecule has 1 amide bonds. The summed E-state index contributed by atoms with van der Waals surface area (Å²) in [4.78, 5) is 23.6. The minimum atomic E-state index is -0.628. The standard InChI is InChI=1S/C11H15NO3S/c1-7(2)15-11(14)8(3)12-10(13)9-5-4-6-16-9/h4-8H,1-3H3,(H,12,13). The van der Waals surface area contributed by atoms with Gasteiger partial charge in [-0.15, -0.1) is 11.3 Å². The molecule has 0 aliphatic carbocycles. The minimum absolute atomic E-state index is 0.173. The lowest BCUT2D eigenvalue weighted by Crippen LogP contribution is -2.40. The Hall–Kier alpha value is -1.36. The third-order valence-electron chi connectivity index (χ3n) is 1.80. The van der Waals surface area contributed by atoms with Crippen LogP contribution in [0.5, 0.6) is 0 Å². The van der Waals surface area contributed by atoms with Gasteiger partial charge in [-0.25, -0.2) is 4.79 Å². The topological polar surface area (TPSA) is 55.4 Å². The van der Waals surface area contributed by atoms with Crippen molar-refractivity contribution in [2.24, 2.45) is 0 Å². The predicted octanol–water partition coefficient (Wildman–Crippen LogP) is 1.82. The van der Waals surface area contributed by atoms with Gasteiger partial charge in [0.25, 0.3) is 5.91 Å². The summed E-state index contributed by atoms with van der Waals surface area (Å²) < 4.78 is 4.98. The molecule has 1 N–H and O–H groups in total. The fourth-order valence-corrected chi connectivity index (χ4v) is 1.70. The van der Waals surface area contributed by atoms with E-state index in [0.29, 0.717) is 4.88 Å². The quantitative estimate of drug-likeness (QED) is 0.818. The second-order valence-corrected chi connectivity index (χ2v) is 4.61. The molecule has 5 heteroatoms. The maximum Gasteiger partial charge on any atom is 0.328 e. The van der Waals surface area contributed by atoms with E-state index in [-0.39, 0.29) is 12.0 Å². The van der Waals surface area contributed by atoms with Crippen LogP contribution in [0.15, 0.2) is 17.5 Å². The van der Waals surface area contributed by atoms with Gasteiger partial charge in [-0.2, -0.15) is 0 Å². The summed E-state index contributed by atoms with van der Waals surface area (Å²) in [7, 11) is 0. The molecule has 4 nitrogen and oxygen atoms in total. The molecule has 1 unspecified atom stereocenters. The van der Waals surface area contributed by atoms with Gasteiger partial charge >= 0.3 is 5.97 Å². The Balaban J connectivity index is 2.48. The lowest BCUT2D eigenvalue weighted by Gasteiger charge is -2.14. The van der Waals surface area contributed by atoms with Crippen LogP contribution in [0.2, 0.25) is 0 Å². The summed E-state index contributed by atoms with van der Waals surface area (Å²) in [6.45, 7) is 5.15. The first kappa shape index (κ1) is 12.7. The van der Waals surface area contributed by atoms with Crippen LogP contribution in [0.1, 0.15) is 30.4 Å². The molecule has 0 spiro atoms. The lowest BCUT2D eigenvalue weighted by molar-refractivity contribution is -0.149. The van der Waals surface area contributed by atoms with Gasteiger partial charge in [-0.3, -0.25) is 4.79 Å². The molecule has 1 aromatic heterocycles. The zero-order chi connectivity index (χ0) is 12.1. The van der Waals surface area contributed by atoms with Gasteiger partial charge in [-0.1, -0.05) is 6.07 Å². The molecule has 16 heavy (non-hydrogen) atoms. The Morgan fingerprint density at radius 3 is 2.56 bits per heavy atom. The van der Waals surface area contributed by atoms with Crippen molar-refractivity contribution in [1.82, 2.24) is 5.32 Å². The molecule has 1 atom stereocenters. The smallest absolute Gasteiger partial charge is 0.328 e. The molecule has 0 aliphatic rings. The van der Waals surface area contributed by atoms with Crippen molar-refractivity contribution in [3.05, 3.63) is 22.4 Å². The minimum Gasteiger partial charge on any atom is -0.461 e. The molecule has 0 fully saturated rings. The summed E-state index contributed by atoms with van der Waals surface area (Å²) in [6, 6.07) is 2.87. The largest absolute Gasteiger partial charge is 0.461 e. The van der Waals surface area contributed by atoms with Gasteiger partial charge in [0.1, 0.15) is 6.04 Å². The summed E-state index contributed by atoms with van der Waals surface area (Å²) in [5.41, 5.74) is 0. The van der Waals surface area contributed by atoms with E-state index in [9.17, 15) is 9.59 Å². The van der Waals surface area contributed by atoms with Crippen LogP contribution in [0.25, 0.3) is 0 Å². The normalized spacial score (nSPS) is 12.2. The molecule has 1 heterocycles. The maximum atomic E-state index is 11.6. The average Bonchev–Trinajstić information content (AvgIpc) is 2.68. The predicted molar refractivity (Wildman–Crippen MR) is 62.5 cm³/mol. The summed E-state index contributed by atoms with van der Waals surface area (Å²) in [5.74, 6) is -0.664. The highest BCUT2D eigenvalue weighted by Crippen LogP contribution is 2.08. The van der Waals surface area contributed by atoms with E-state index < -0.39 is 12.0 Å². The van der Waals surface area contributed by atoms with E-state index in [1.165, 1.54) is 11.3 Å². The van der Waals surface area contributed by atoms with Gasteiger partial charge < -0.3 is 10.1 Å². The second kappa shape index (κ2) is 5.65. The number of hydrogen-bond donors (Lipinski definition) is 1. The molecule has 0 radical (unpaired) electrons. The Kier molecular flexibility index (Phi) is 4.49. The fourth-order valence-electron chi connectivity index (χ4n) is 1.07. The molecule has 0 aromatic carbocycles. The summed E-state index contributed by atoms with van der Waals surface area (Å²) in [6.07, 6.45) is -0.173. The van der Waals surface area contributed by atoms with E-state index in [2.05, 4.69) is 5.32 Å². The molecular formula is C11H15NO3S. The van der Waals surface area contributed by atoms with Crippen molar-refractivity contribution in [3.8, 4) is 0 Å². The van der Waals surface area contributed by atoms with Crippen molar-refractivity contribution >= 4 is 23.2 Å². The zero-order valence-corrected chi connectivity index (χ0v) is 10.3. The molecule has 0 saturated carbocycles. The molecule has 1 aromatic rings. The lowest BCUT2D eigenvalue weighted by atomic mass is 10.3. The number of rotatable bonds is 4. The van der Waals surface area contributed by atoms with E-state index in [4.69, 9.17) is 4.74 Å². The third kappa shape index (κ3) is 3.66. The highest BCUT2D eigenvalue weighted by atomic mass is 32.1. The number of ether oxygens (including phenoxy) is 1. The van der Waals surface area contributed by atoms with Gasteiger partial charge in [0.05, 0.1) is 11.0 Å². The molecule has 1 rings (SSSR count). The van der Waals surface area contributed by atoms with Gasteiger partial charge in [0.15, 0.2) is 0 Å². The first-order valence-corrected chi connectivity index (χ1v) is 5.93. The number of thiophene rings is 1. The summed E-state index contributed by atoms with van der Waals surface area (Å²) in [5, 5.41) is 4.40. The third-order valence-corrected chi connectivity index (χ3v) is 2.67. The highest BCUT2D eigenvalue weighted by molar-refractivity contribution is 7.12. The average molecular weight is 241 g/mol. The van der Waals surface area contributed by atoms with E-state index in [0.717, 1.165) is 0 Å². The van der Waals surface area contributed by atoms with Gasteiger partial charge in [-0.05, 0) is 32.2 Å². The Morgan fingerprint density at radius 2 is 2.06 bits per heavy atom. The van der Waals surface area contributed by atoms with Crippen molar-refractivity contribution < 1.29 is 14.3 Å². The maximum absolute atomic E-state index is 11.6. The summed E-state index contributed by atoms with van der Waals surface area (Å²) >= 11 is 1.33. The Bertz CT molecular complexity index is 359. The number of carbonyl (C=O) groups is 2. The zero-order valence-electron chi connectivity index (χ0n) is 9.52. The van der Waals surface area contributed by atoms with Crippen LogP contribution in [-0.2, 0) is 9.53 Å². The molecule has 0 bridgehead atoms. The molecule has 88 valence electrons. The SMILES string of the molecule is CC(C)OC(=O)C(C)NC(=O)c1cccs1. The second-order valence-electron chi connectivity index (χ2n) is 3.66. The molecule has 0 saturated heterocycles. The first-order chi connectivity index (χ1) is 7.50. The van der Waals surface area contributed by atoms with Crippen LogP contribution < -0.4 is 5.32 Å². The Labute approximate surface area is 98.6 Å². The van der Waals surface area contributed by atoms with E-state index in [1.807, 2.05) is 5.38 Å². The molecular weight excluding hydrogens is 226 g/mol. The van der Waals surface area contributed by atoms with Crippen molar-refractivity contribution in [3.63, 3.8) is 0 Å². The van der Waals surface area contributed by atoms with Crippen LogP contribution in [0.4, 0.5) is 0 Å². The van der Waals surface area contributed by atoms with Crippen molar-refractivity contribution in [2.45, 2.75) is 32.9 Å². The van der Waals surface area contributed by atoms with Crippen LogP contribution in [-0.4, -0.2) is 24.0 Å². The monoisotopic (exact) mass is 241 g/mol. The number of esters is 1. The van der Waals surface area contributed by atoms with Crippen molar-refractivity contribution in [2.75, 3.05) is 0 Å². The number of hydrogen-bond acceptors (Lipinski definition) is 4. The van der Waals surface area contributed by atoms with Crippen molar-refractivity contribution in [1.29, 1.82) is 0 Å².